The summed E-state index contributed by atoms with van der Waals surface area (Å²) in [5, 5.41) is 12.1. The van der Waals surface area contributed by atoms with E-state index in [-0.39, 0.29) is 17.5 Å². The van der Waals surface area contributed by atoms with Gasteiger partial charge in [0.15, 0.2) is 0 Å². The Balaban J connectivity index is 2.19. The molecule has 1 heterocycles. The van der Waals surface area contributed by atoms with E-state index in [1.807, 2.05) is 0 Å². The van der Waals surface area contributed by atoms with E-state index in [4.69, 9.17) is 0 Å². The van der Waals surface area contributed by atoms with Crippen LogP contribution in [-0.2, 0) is 11.2 Å². The van der Waals surface area contributed by atoms with Crippen LogP contribution >= 0.6 is 11.3 Å². The fourth-order valence-corrected chi connectivity index (χ4v) is 3.03. The molecule has 0 radical (unpaired) electrons. The minimum absolute atomic E-state index is 0.0967. The van der Waals surface area contributed by atoms with Crippen molar-refractivity contribution < 1.29 is 19.1 Å². The molecule has 1 amide bonds. The summed E-state index contributed by atoms with van der Waals surface area (Å²) < 4.78 is 13.5. The van der Waals surface area contributed by atoms with Crippen molar-refractivity contribution in [3.63, 3.8) is 0 Å². The van der Waals surface area contributed by atoms with Crippen molar-refractivity contribution in [2.24, 2.45) is 0 Å². The highest BCUT2D eigenvalue weighted by atomic mass is 32.1. The van der Waals surface area contributed by atoms with Gasteiger partial charge in [-0.25, -0.2) is 9.18 Å². The predicted octanol–water partition coefficient (Wildman–Crippen LogP) is 3.38. The number of anilines is 1. The van der Waals surface area contributed by atoms with E-state index >= 15 is 0 Å². The molecule has 0 atom stereocenters. The first kappa shape index (κ1) is 15.2. The number of carbonyl (C=O) groups excluding carboxylic acids is 1. The fraction of sp³-hybridized carbons (Fsp3) is 0.200. The second-order valence-electron chi connectivity index (χ2n) is 4.61. The molecule has 0 aliphatic carbocycles. The van der Waals surface area contributed by atoms with E-state index in [0.29, 0.717) is 10.6 Å². The molecule has 0 aliphatic rings. The van der Waals surface area contributed by atoms with Crippen LogP contribution in [0.15, 0.2) is 24.3 Å². The molecule has 0 saturated carbocycles. The molecular formula is C15H14FNO3S. The SMILES string of the molecule is Cc1sc(NC(=O)Cc2ccccc2F)c(C(=O)O)c1C. The van der Waals surface area contributed by atoms with Crippen molar-refractivity contribution in [3.8, 4) is 0 Å². The van der Waals surface area contributed by atoms with Gasteiger partial charge in [0.05, 0.1) is 12.0 Å². The molecule has 0 fully saturated rings. The van der Waals surface area contributed by atoms with Gasteiger partial charge in [0.1, 0.15) is 10.8 Å². The van der Waals surface area contributed by atoms with Gasteiger partial charge < -0.3 is 10.4 Å². The number of hydrogen-bond acceptors (Lipinski definition) is 3. The lowest BCUT2D eigenvalue weighted by atomic mass is 10.1. The molecule has 4 nitrogen and oxygen atoms in total. The molecule has 6 heteroatoms. The normalized spacial score (nSPS) is 10.4. The molecule has 2 aromatic rings. The summed E-state index contributed by atoms with van der Waals surface area (Å²) in [4.78, 5) is 24.0. The maximum atomic E-state index is 13.5. The Morgan fingerprint density at radius 3 is 2.57 bits per heavy atom. The number of carboxylic acid groups (broad SMARTS) is 1. The maximum absolute atomic E-state index is 13.5. The Hall–Kier alpha value is -2.21. The number of aryl methyl sites for hydroxylation is 1. The number of nitrogens with one attached hydrogen (secondary N) is 1. The van der Waals surface area contributed by atoms with Crippen molar-refractivity contribution in [1.82, 2.24) is 0 Å². The zero-order valence-electron chi connectivity index (χ0n) is 11.6. The van der Waals surface area contributed by atoms with Crippen LogP contribution in [0, 0.1) is 19.7 Å². The number of carboxylic acids is 1. The first-order valence-corrected chi connectivity index (χ1v) is 7.08. The Morgan fingerprint density at radius 1 is 1.29 bits per heavy atom. The van der Waals surface area contributed by atoms with Crippen molar-refractivity contribution in [2.75, 3.05) is 5.32 Å². The predicted molar refractivity (Wildman–Crippen MR) is 79.5 cm³/mol. The van der Waals surface area contributed by atoms with E-state index in [0.717, 1.165) is 4.88 Å². The summed E-state index contributed by atoms with van der Waals surface area (Å²) in [7, 11) is 0. The number of carbonyl (C=O) groups is 2. The van der Waals surface area contributed by atoms with E-state index in [2.05, 4.69) is 5.32 Å². The molecule has 0 unspecified atom stereocenters. The summed E-state index contributed by atoms with van der Waals surface area (Å²) in [6.45, 7) is 3.49. The Kier molecular flexibility index (Phi) is 4.37. The highest BCUT2D eigenvalue weighted by molar-refractivity contribution is 7.16. The zero-order valence-corrected chi connectivity index (χ0v) is 12.4. The maximum Gasteiger partial charge on any atom is 0.338 e. The first-order chi connectivity index (χ1) is 9.90. The smallest absolute Gasteiger partial charge is 0.338 e. The average Bonchev–Trinajstić information content (AvgIpc) is 2.67. The summed E-state index contributed by atoms with van der Waals surface area (Å²) in [6.07, 6.45) is -0.137. The van der Waals surface area contributed by atoms with Gasteiger partial charge in [-0.2, -0.15) is 0 Å². The van der Waals surface area contributed by atoms with Gasteiger partial charge in [0.2, 0.25) is 5.91 Å². The highest BCUT2D eigenvalue weighted by Gasteiger charge is 2.20. The minimum Gasteiger partial charge on any atom is -0.478 e. The lowest BCUT2D eigenvalue weighted by molar-refractivity contribution is -0.115. The molecule has 0 spiro atoms. The van der Waals surface area contributed by atoms with Crippen LogP contribution in [0.1, 0.15) is 26.4 Å². The molecule has 1 aromatic carbocycles. The molecule has 110 valence electrons. The first-order valence-electron chi connectivity index (χ1n) is 6.26. The second kappa shape index (κ2) is 6.05. The number of benzene rings is 1. The Bertz CT molecular complexity index is 709. The number of rotatable bonds is 4. The third kappa shape index (κ3) is 3.28. The third-order valence-corrected chi connectivity index (χ3v) is 4.28. The second-order valence-corrected chi connectivity index (χ2v) is 5.83. The molecular weight excluding hydrogens is 293 g/mol. The van der Waals surface area contributed by atoms with Gasteiger partial charge in [-0.1, -0.05) is 18.2 Å². The van der Waals surface area contributed by atoms with Gasteiger partial charge in [-0.05, 0) is 31.0 Å². The monoisotopic (exact) mass is 307 g/mol. The summed E-state index contributed by atoms with van der Waals surface area (Å²) in [5.74, 6) is -1.98. The molecule has 2 N–H and O–H groups in total. The molecule has 0 bridgehead atoms. The van der Waals surface area contributed by atoms with Crippen LogP contribution in [0.2, 0.25) is 0 Å². The number of halogens is 1. The van der Waals surface area contributed by atoms with E-state index in [9.17, 15) is 19.1 Å². The molecule has 2 rings (SSSR count). The standard InChI is InChI=1S/C15H14FNO3S/c1-8-9(2)21-14(13(8)15(19)20)17-12(18)7-10-5-3-4-6-11(10)16/h3-6H,7H2,1-2H3,(H,17,18)(H,19,20). The van der Waals surface area contributed by atoms with Gasteiger partial charge in [-0.3, -0.25) is 4.79 Å². The minimum atomic E-state index is -1.09. The lowest BCUT2D eigenvalue weighted by Crippen LogP contribution is -2.16. The molecule has 1 aromatic heterocycles. The van der Waals surface area contributed by atoms with Gasteiger partial charge in [0.25, 0.3) is 0 Å². The topological polar surface area (TPSA) is 66.4 Å². The average molecular weight is 307 g/mol. The van der Waals surface area contributed by atoms with Crippen molar-refractivity contribution in [2.45, 2.75) is 20.3 Å². The van der Waals surface area contributed by atoms with Crippen LogP contribution in [0.4, 0.5) is 9.39 Å². The Labute approximate surface area is 125 Å². The van der Waals surface area contributed by atoms with Crippen LogP contribution in [0.25, 0.3) is 0 Å². The van der Waals surface area contributed by atoms with Crippen molar-refractivity contribution in [3.05, 3.63) is 51.7 Å². The lowest BCUT2D eigenvalue weighted by Gasteiger charge is -2.05. The number of aromatic carboxylic acids is 1. The van der Waals surface area contributed by atoms with Crippen molar-refractivity contribution >= 4 is 28.2 Å². The van der Waals surface area contributed by atoms with Crippen LogP contribution in [0.3, 0.4) is 0 Å². The number of thiophene rings is 1. The van der Waals surface area contributed by atoms with Gasteiger partial charge >= 0.3 is 5.97 Å². The zero-order chi connectivity index (χ0) is 15.6. The quantitative estimate of drug-likeness (QED) is 0.910. The number of hydrogen-bond donors (Lipinski definition) is 2. The Morgan fingerprint density at radius 2 is 1.95 bits per heavy atom. The largest absolute Gasteiger partial charge is 0.478 e. The van der Waals surface area contributed by atoms with Gasteiger partial charge in [0, 0.05) is 4.88 Å². The summed E-state index contributed by atoms with van der Waals surface area (Å²) >= 11 is 1.21. The summed E-state index contributed by atoms with van der Waals surface area (Å²) in [6, 6.07) is 6.00. The van der Waals surface area contributed by atoms with Crippen LogP contribution < -0.4 is 5.32 Å². The molecule has 0 saturated heterocycles. The van der Waals surface area contributed by atoms with Crippen LogP contribution in [-0.4, -0.2) is 17.0 Å². The van der Waals surface area contributed by atoms with Crippen LogP contribution in [0.5, 0.6) is 0 Å². The highest BCUT2D eigenvalue weighted by Crippen LogP contribution is 2.32. The van der Waals surface area contributed by atoms with Crippen molar-refractivity contribution in [1.29, 1.82) is 0 Å². The molecule has 21 heavy (non-hydrogen) atoms. The van der Waals surface area contributed by atoms with E-state index < -0.39 is 17.7 Å². The summed E-state index contributed by atoms with van der Waals surface area (Å²) in [5.41, 5.74) is 1.00. The molecule has 0 aliphatic heterocycles. The van der Waals surface area contributed by atoms with E-state index in [1.54, 1.807) is 26.0 Å². The third-order valence-electron chi connectivity index (χ3n) is 3.16. The van der Waals surface area contributed by atoms with E-state index in [1.165, 1.54) is 23.5 Å². The fourth-order valence-electron chi connectivity index (χ4n) is 1.96. The number of amides is 1. The van der Waals surface area contributed by atoms with Gasteiger partial charge in [-0.15, -0.1) is 11.3 Å².